The van der Waals surface area contributed by atoms with Crippen LogP contribution in [0.4, 0.5) is 0 Å². The van der Waals surface area contributed by atoms with Crippen molar-refractivity contribution in [3.8, 4) is 12.3 Å². The van der Waals surface area contributed by atoms with Gasteiger partial charge in [0.2, 0.25) is 0 Å². The molecular formula is C25H28O5. The molecule has 0 unspecified atom stereocenters. The third-order valence-corrected chi connectivity index (χ3v) is 7.56. The molecule has 0 heterocycles. The second kappa shape index (κ2) is 7.27. The highest BCUT2D eigenvalue weighted by Gasteiger charge is 2.63. The van der Waals surface area contributed by atoms with Gasteiger partial charge in [-0.05, 0) is 66.7 Å². The first-order valence-electron chi connectivity index (χ1n) is 10.8. The molecule has 5 atom stereocenters. The van der Waals surface area contributed by atoms with E-state index in [0.29, 0.717) is 25.7 Å². The second-order valence-electron chi connectivity index (χ2n) is 8.88. The summed E-state index contributed by atoms with van der Waals surface area (Å²) in [6, 6.07) is 0. The molecule has 1 fully saturated rings. The highest BCUT2D eigenvalue weighted by molar-refractivity contribution is 5.93. The normalized spacial score (nSPS) is 36.8. The molecule has 0 aromatic heterocycles. The lowest BCUT2D eigenvalue weighted by Crippen LogP contribution is -2.51. The van der Waals surface area contributed by atoms with Crippen LogP contribution < -0.4 is 0 Å². The number of hydrogen-bond donors (Lipinski definition) is 0. The quantitative estimate of drug-likeness (QED) is 0.524. The molecule has 0 N–H and O–H groups in total. The number of carbonyl (C=O) groups excluding carboxylic acids is 3. The molecule has 0 saturated heterocycles. The number of esters is 2. The summed E-state index contributed by atoms with van der Waals surface area (Å²) in [6.45, 7) is 4.90. The Balaban J connectivity index is 1.85. The van der Waals surface area contributed by atoms with E-state index in [1.165, 1.54) is 19.4 Å². The van der Waals surface area contributed by atoms with Gasteiger partial charge in [0.15, 0.2) is 11.4 Å². The Bertz CT molecular complexity index is 945. The van der Waals surface area contributed by atoms with Crippen LogP contribution in [0.3, 0.4) is 0 Å². The van der Waals surface area contributed by atoms with Crippen LogP contribution in [0.25, 0.3) is 0 Å². The van der Waals surface area contributed by atoms with Gasteiger partial charge < -0.3 is 9.47 Å². The first-order chi connectivity index (χ1) is 14.3. The fourth-order valence-corrected chi connectivity index (χ4v) is 6.45. The standard InChI is InChI=1S/C25H28O5/c1-5-24-11-9-19-18-8-7-17(28)13-21(18)23(29-15(3)26)14-20(19)22(24)10-12-25(24,6-2)30-16(4)27/h2,9,11,13,20,22-23H,5,7-8,10,12,14H2,1,3-4H3/t20-,22+,23+,24+,25+/m1/s1. The third-order valence-electron chi connectivity index (χ3n) is 7.56. The Labute approximate surface area is 177 Å². The van der Waals surface area contributed by atoms with E-state index in [2.05, 4.69) is 25.0 Å². The molecule has 0 spiro atoms. The molecule has 4 rings (SSSR count). The number of ketones is 1. The topological polar surface area (TPSA) is 69.7 Å². The van der Waals surface area contributed by atoms with Gasteiger partial charge in [0.05, 0.1) is 0 Å². The van der Waals surface area contributed by atoms with Crippen molar-refractivity contribution in [2.24, 2.45) is 17.3 Å². The summed E-state index contributed by atoms with van der Waals surface area (Å²) in [7, 11) is 0. The van der Waals surface area contributed by atoms with Gasteiger partial charge in [-0.2, -0.15) is 0 Å². The molecule has 0 aromatic rings. The number of allylic oxidation sites excluding steroid dienone is 3. The molecule has 0 amide bonds. The number of hydrogen-bond acceptors (Lipinski definition) is 5. The molecule has 1 saturated carbocycles. The Morgan fingerprint density at radius 1 is 1.27 bits per heavy atom. The van der Waals surface area contributed by atoms with Crippen LogP contribution in [0.2, 0.25) is 0 Å². The predicted molar refractivity (Wildman–Crippen MR) is 111 cm³/mol. The van der Waals surface area contributed by atoms with Crippen molar-refractivity contribution in [1.82, 2.24) is 0 Å². The number of fused-ring (bicyclic) bond motifs is 4. The summed E-state index contributed by atoms with van der Waals surface area (Å²) < 4.78 is 11.5. The summed E-state index contributed by atoms with van der Waals surface area (Å²) >= 11 is 0. The molecular weight excluding hydrogens is 380 g/mol. The average molecular weight is 408 g/mol. The highest BCUT2D eigenvalue weighted by Crippen LogP contribution is 2.63. The minimum absolute atomic E-state index is 0.0784. The van der Waals surface area contributed by atoms with E-state index in [0.717, 1.165) is 24.0 Å². The van der Waals surface area contributed by atoms with Gasteiger partial charge in [0.25, 0.3) is 0 Å². The van der Waals surface area contributed by atoms with Gasteiger partial charge in [-0.15, -0.1) is 6.42 Å². The van der Waals surface area contributed by atoms with Crippen LogP contribution in [-0.4, -0.2) is 29.4 Å². The van der Waals surface area contributed by atoms with Crippen LogP contribution in [0.5, 0.6) is 0 Å². The van der Waals surface area contributed by atoms with E-state index in [9.17, 15) is 14.4 Å². The smallest absolute Gasteiger partial charge is 0.304 e. The van der Waals surface area contributed by atoms with Crippen molar-refractivity contribution in [2.75, 3.05) is 0 Å². The van der Waals surface area contributed by atoms with Crippen LogP contribution in [0, 0.1) is 29.6 Å². The van der Waals surface area contributed by atoms with E-state index in [4.69, 9.17) is 15.9 Å². The highest BCUT2D eigenvalue weighted by atomic mass is 16.6. The second-order valence-corrected chi connectivity index (χ2v) is 8.88. The Hall–Kier alpha value is -2.61. The lowest BCUT2D eigenvalue weighted by atomic mass is 9.56. The van der Waals surface area contributed by atoms with Gasteiger partial charge in [-0.25, -0.2) is 0 Å². The van der Waals surface area contributed by atoms with Crippen LogP contribution >= 0.6 is 0 Å². The number of ether oxygens (including phenoxy) is 2. The van der Waals surface area contributed by atoms with Crippen molar-refractivity contribution < 1.29 is 23.9 Å². The molecule has 0 aromatic carbocycles. The summed E-state index contributed by atoms with van der Waals surface area (Å²) in [5.41, 5.74) is 1.79. The van der Waals surface area contributed by atoms with E-state index in [-0.39, 0.29) is 29.6 Å². The van der Waals surface area contributed by atoms with E-state index in [1.54, 1.807) is 6.08 Å². The number of terminal acetylenes is 1. The molecule has 0 radical (unpaired) electrons. The lowest BCUT2D eigenvalue weighted by molar-refractivity contribution is -0.160. The van der Waals surface area contributed by atoms with Crippen LogP contribution in [-0.2, 0) is 23.9 Å². The van der Waals surface area contributed by atoms with Gasteiger partial charge in [-0.3, -0.25) is 14.4 Å². The van der Waals surface area contributed by atoms with Crippen molar-refractivity contribution >= 4 is 17.7 Å². The Kier molecular flexibility index (Phi) is 5.00. The van der Waals surface area contributed by atoms with Crippen molar-refractivity contribution in [2.45, 2.75) is 71.0 Å². The molecule has 158 valence electrons. The maximum Gasteiger partial charge on any atom is 0.304 e. The summed E-state index contributed by atoms with van der Waals surface area (Å²) in [5.74, 6) is 2.54. The molecule has 30 heavy (non-hydrogen) atoms. The summed E-state index contributed by atoms with van der Waals surface area (Å²) in [5, 5.41) is 0. The average Bonchev–Trinajstić information content (AvgIpc) is 3.02. The summed E-state index contributed by atoms with van der Waals surface area (Å²) in [6.07, 6.45) is 15.5. The summed E-state index contributed by atoms with van der Waals surface area (Å²) in [4.78, 5) is 35.8. The van der Waals surface area contributed by atoms with Crippen molar-refractivity contribution in [3.63, 3.8) is 0 Å². The number of carbonyl (C=O) groups is 3. The number of rotatable bonds is 3. The molecule has 5 heteroatoms. The minimum Gasteiger partial charge on any atom is -0.458 e. The fraction of sp³-hybridized carbons (Fsp3) is 0.560. The first kappa shape index (κ1) is 20.7. The predicted octanol–water partition coefficient (Wildman–Crippen LogP) is 3.84. The van der Waals surface area contributed by atoms with Crippen LogP contribution in [0.1, 0.15) is 59.3 Å². The Morgan fingerprint density at radius 3 is 2.67 bits per heavy atom. The maximum atomic E-state index is 12.1. The lowest BCUT2D eigenvalue weighted by Gasteiger charge is -2.50. The SMILES string of the molecule is C#C[C@]1(OC(C)=O)CC[C@H]2[C@@H]3C[C@H](OC(C)=O)C4=CC(=O)CCC4=C3C=C[C@@]21CC. The van der Waals surface area contributed by atoms with Gasteiger partial charge >= 0.3 is 11.9 Å². The molecule has 0 aliphatic heterocycles. The van der Waals surface area contributed by atoms with Gasteiger partial charge in [-0.1, -0.05) is 25.0 Å². The fourth-order valence-electron chi connectivity index (χ4n) is 6.45. The van der Waals surface area contributed by atoms with E-state index >= 15 is 0 Å². The van der Waals surface area contributed by atoms with Crippen molar-refractivity contribution in [1.29, 1.82) is 0 Å². The van der Waals surface area contributed by atoms with E-state index < -0.39 is 17.1 Å². The zero-order valence-corrected chi connectivity index (χ0v) is 17.8. The zero-order chi connectivity index (χ0) is 21.7. The molecule has 4 aliphatic rings. The van der Waals surface area contributed by atoms with Crippen molar-refractivity contribution in [3.05, 3.63) is 34.9 Å². The maximum absolute atomic E-state index is 12.1. The van der Waals surface area contributed by atoms with Crippen LogP contribution in [0.15, 0.2) is 34.9 Å². The zero-order valence-electron chi connectivity index (χ0n) is 17.8. The third kappa shape index (κ3) is 2.88. The molecule has 4 aliphatic carbocycles. The Morgan fingerprint density at radius 2 is 2.03 bits per heavy atom. The minimum atomic E-state index is -0.958. The van der Waals surface area contributed by atoms with Gasteiger partial charge in [0.1, 0.15) is 6.10 Å². The largest absolute Gasteiger partial charge is 0.458 e. The molecule has 5 nitrogen and oxygen atoms in total. The first-order valence-corrected chi connectivity index (χ1v) is 10.8. The monoisotopic (exact) mass is 408 g/mol. The van der Waals surface area contributed by atoms with E-state index in [1.807, 2.05) is 0 Å². The van der Waals surface area contributed by atoms with Gasteiger partial charge in [0, 0.05) is 25.7 Å². The molecule has 0 bridgehead atoms.